The van der Waals surface area contributed by atoms with Crippen LogP contribution in [0.3, 0.4) is 0 Å². The number of carbonyl (C=O) groups is 1. The number of hydrogen-bond donors (Lipinski definition) is 1. The van der Waals surface area contributed by atoms with Crippen molar-refractivity contribution in [2.45, 2.75) is 0 Å². The van der Waals surface area contributed by atoms with Crippen molar-refractivity contribution in [3.05, 3.63) is 83.7 Å². The van der Waals surface area contributed by atoms with E-state index in [1.807, 2.05) is 78.5 Å². The monoisotopic (exact) mass is 528 g/mol. The van der Waals surface area contributed by atoms with E-state index in [4.69, 9.17) is 23.7 Å². The fourth-order valence-electron chi connectivity index (χ4n) is 4.41. The maximum absolute atomic E-state index is 13.0. The number of ether oxygens (including phenoxy) is 5. The van der Waals surface area contributed by atoms with Gasteiger partial charge in [0.05, 0.1) is 41.2 Å². The van der Waals surface area contributed by atoms with E-state index in [2.05, 4.69) is 5.32 Å². The second-order valence-corrected chi connectivity index (χ2v) is 8.61. The molecule has 4 rings (SSSR count). The SMILES string of the molecule is COc1cc(C=Cc2cc(OC)c(OC)c(OC)c2)cc(N/C=C\C(=O)c2cn(C)c3ccccc23)c1OC. The topological polar surface area (TPSA) is 80.2 Å². The molecule has 202 valence electrons. The summed E-state index contributed by atoms with van der Waals surface area (Å²) in [5, 5.41) is 4.09. The minimum absolute atomic E-state index is 0.108. The summed E-state index contributed by atoms with van der Waals surface area (Å²) < 4.78 is 29.4. The first-order valence-corrected chi connectivity index (χ1v) is 12.2. The van der Waals surface area contributed by atoms with E-state index < -0.39 is 0 Å². The maximum atomic E-state index is 13.0. The van der Waals surface area contributed by atoms with Crippen molar-refractivity contribution in [2.24, 2.45) is 7.05 Å². The standard InChI is InChI=1S/C31H32N2O6/c1-33-19-23(22-9-7-8-10-25(22)33)26(34)13-14-32-24-15-20(16-27(35-2)30(24)38-5)11-12-21-17-28(36-3)31(39-6)29(18-21)37-4/h7-19,32H,1-6H3/b12-11?,14-13-. The number of allylic oxidation sites excluding steroid dienone is 1. The molecule has 0 saturated heterocycles. The van der Waals surface area contributed by atoms with Crippen LogP contribution in [-0.2, 0) is 7.05 Å². The number of fused-ring (bicyclic) bond motifs is 1. The average molecular weight is 529 g/mol. The minimum Gasteiger partial charge on any atom is -0.493 e. The average Bonchev–Trinajstić information content (AvgIpc) is 3.31. The zero-order chi connectivity index (χ0) is 27.9. The molecular formula is C31H32N2O6. The van der Waals surface area contributed by atoms with Gasteiger partial charge in [-0.2, -0.15) is 0 Å². The van der Waals surface area contributed by atoms with Gasteiger partial charge in [-0.1, -0.05) is 30.4 Å². The maximum Gasteiger partial charge on any atom is 0.203 e. The van der Waals surface area contributed by atoms with Gasteiger partial charge in [0.1, 0.15) is 0 Å². The van der Waals surface area contributed by atoms with Gasteiger partial charge in [0.15, 0.2) is 28.8 Å². The highest BCUT2D eigenvalue weighted by molar-refractivity contribution is 6.13. The molecule has 0 spiro atoms. The van der Waals surface area contributed by atoms with E-state index >= 15 is 0 Å². The lowest BCUT2D eigenvalue weighted by atomic mass is 10.1. The number of nitrogens with zero attached hydrogens (tertiary/aromatic N) is 1. The van der Waals surface area contributed by atoms with Crippen LogP contribution in [0.2, 0.25) is 0 Å². The molecule has 1 aromatic heterocycles. The van der Waals surface area contributed by atoms with Crippen molar-refractivity contribution in [2.75, 3.05) is 40.9 Å². The number of ketones is 1. The van der Waals surface area contributed by atoms with Crippen LogP contribution in [0.4, 0.5) is 5.69 Å². The smallest absolute Gasteiger partial charge is 0.203 e. The van der Waals surface area contributed by atoms with Gasteiger partial charge in [0.2, 0.25) is 5.75 Å². The molecule has 4 aromatic rings. The van der Waals surface area contributed by atoms with Gasteiger partial charge in [-0.15, -0.1) is 0 Å². The van der Waals surface area contributed by atoms with Gasteiger partial charge in [-0.25, -0.2) is 0 Å². The van der Waals surface area contributed by atoms with E-state index in [-0.39, 0.29) is 5.78 Å². The Morgan fingerprint density at radius 1 is 0.769 bits per heavy atom. The van der Waals surface area contributed by atoms with Crippen LogP contribution in [0.1, 0.15) is 21.5 Å². The molecule has 0 unspecified atom stereocenters. The summed E-state index contributed by atoms with van der Waals surface area (Å²) in [6, 6.07) is 15.3. The summed E-state index contributed by atoms with van der Waals surface area (Å²) in [6.45, 7) is 0. The van der Waals surface area contributed by atoms with Gasteiger partial charge >= 0.3 is 0 Å². The Hall–Kier alpha value is -4.85. The first kappa shape index (κ1) is 27.2. The van der Waals surface area contributed by atoms with Gasteiger partial charge in [-0.05, 0) is 41.5 Å². The Balaban J connectivity index is 1.61. The van der Waals surface area contributed by atoms with Crippen LogP contribution in [0.15, 0.2) is 67.0 Å². The number of aryl methyl sites for hydroxylation is 1. The number of benzene rings is 3. The highest BCUT2D eigenvalue weighted by atomic mass is 16.5. The molecule has 8 nitrogen and oxygen atoms in total. The van der Waals surface area contributed by atoms with Gasteiger partial charge < -0.3 is 33.6 Å². The Morgan fingerprint density at radius 3 is 1.92 bits per heavy atom. The highest BCUT2D eigenvalue weighted by Gasteiger charge is 2.14. The number of anilines is 1. The van der Waals surface area contributed by atoms with Crippen LogP contribution in [-0.4, -0.2) is 45.9 Å². The van der Waals surface area contributed by atoms with E-state index in [1.54, 1.807) is 41.7 Å². The van der Waals surface area contributed by atoms with Crippen LogP contribution in [0.5, 0.6) is 28.7 Å². The lowest BCUT2D eigenvalue weighted by Crippen LogP contribution is -1.99. The molecule has 0 aliphatic heterocycles. The van der Waals surface area contributed by atoms with Gasteiger partial charge in [-0.3, -0.25) is 4.79 Å². The largest absolute Gasteiger partial charge is 0.493 e. The molecule has 0 radical (unpaired) electrons. The molecule has 0 aliphatic rings. The van der Waals surface area contributed by atoms with Crippen molar-refractivity contribution in [3.8, 4) is 28.7 Å². The van der Waals surface area contributed by atoms with Gasteiger partial charge in [0.25, 0.3) is 0 Å². The second kappa shape index (κ2) is 12.1. The third kappa shape index (κ3) is 5.70. The van der Waals surface area contributed by atoms with Crippen LogP contribution < -0.4 is 29.0 Å². The van der Waals surface area contributed by atoms with Crippen molar-refractivity contribution in [3.63, 3.8) is 0 Å². The van der Waals surface area contributed by atoms with Crippen molar-refractivity contribution in [1.82, 2.24) is 4.57 Å². The summed E-state index contributed by atoms with van der Waals surface area (Å²) in [6.07, 6.45) is 8.81. The summed E-state index contributed by atoms with van der Waals surface area (Å²) in [5.41, 5.74) is 3.98. The number of nitrogens with one attached hydrogen (secondary N) is 1. The number of aromatic nitrogens is 1. The lowest BCUT2D eigenvalue weighted by molar-refractivity contribution is 0.104. The van der Waals surface area contributed by atoms with Crippen LogP contribution in [0.25, 0.3) is 23.1 Å². The fourth-order valence-corrected chi connectivity index (χ4v) is 4.41. The van der Waals surface area contributed by atoms with E-state index in [1.165, 1.54) is 6.08 Å². The summed E-state index contributed by atoms with van der Waals surface area (Å²) in [4.78, 5) is 13.0. The van der Waals surface area contributed by atoms with E-state index in [0.717, 1.165) is 22.0 Å². The molecule has 0 bridgehead atoms. The Labute approximate surface area is 228 Å². The molecule has 39 heavy (non-hydrogen) atoms. The molecule has 0 fully saturated rings. The highest BCUT2D eigenvalue weighted by Crippen LogP contribution is 2.40. The predicted octanol–water partition coefficient (Wildman–Crippen LogP) is 6.20. The minimum atomic E-state index is -0.108. The molecule has 0 amide bonds. The van der Waals surface area contributed by atoms with Crippen molar-refractivity contribution < 1.29 is 28.5 Å². The van der Waals surface area contributed by atoms with E-state index in [0.29, 0.717) is 40.0 Å². The molecule has 0 aliphatic carbocycles. The third-order valence-corrected chi connectivity index (χ3v) is 6.29. The zero-order valence-corrected chi connectivity index (χ0v) is 22.9. The first-order chi connectivity index (χ1) is 18.9. The molecule has 1 N–H and O–H groups in total. The van der Waals surface area contributed by atoms with Gasteiger partial charge in [0, 0.05) is 42.0 Å². The molecule has 0 atom stereocenters. The fraction of sp³-hybridized carbons (Fsp3) is 0.194. The van der Waals surface area contributed by atoms with E-state index in [9.17, 15) is 4.79 Å². The molecule has 3 aromatic carbocycles. The number of rotatable bonds is 11. The predicted molar refractivity (Wildman–Crippen MR) is 155 cm³/mol. The van der Waals surface area contributed by atoms with Crippen molar-refractivity contribution >= 4 is 34.5 Å². The third-order valence-electron chi connectivity index (χ3n) is 6.29. The lowest BCUT2D eigenvalue weighted by Gasteiger charge is -2.14. The summed E-state index contributed by atoms with van der Waals surface area (Å²) >= 11 is 0. The van der Waals surface area contributed by atoms with Crippen LogP contribution in [0, 0.1) is 0 Å². The molecule has 1 heterocycles. The Kier molecular flexibility index (Phi) is 8.46. The molecule has 0 saturated carbocycles. The first-order valence-electron chi connectivity index (χ1n) is 12.2. The number of para-hydroxylation sites is 1. The second-order valence-electron chi connectivity index (χ2n) is 8.61. The van der Waals surface area contributed by atoms with Crippen molar-refractivity contribution in [1.29, 1.82) is 0 Å². The number of methoxy groups -OCH3 is 5. The zero-order valence-electron chi connectivity index (χ0n) is 22.9. The Morgan fingerprint density at radius 2 is 1.33 bits per heavy atom. The summed E-state index contributed by atoms with van der Waals surface area (Å²) in [7, 11) is 9.80. The van der Waals surface area contributed by atoms with Crippen LogP contribution >= 0.6 is 0 Å². The molecule has 8 heteroatoms. The number of carbonyl (C=O) groups excluding carboxylic acids is 1. The molecular weight excluding hydrogens is 496 g/mol. The normalized spacial score (nSPS) is 11.2. The quantitative estimate of drug-likeness (QED) is 0.141. The summed E-state index contributed by atoms with van der Waals surface area (Å²) in [5.74, 6) is 2.60. The number of hydrogen-bond acceptors (Lipinski definition) is 7. The Bertz CT molecular complexity index is 1530.